The van der Waals surface area contributed by atoms with Gasteiger partial charge in [-0.1, -0.05) is 13.8 Å². The smallest absolute Gasteiger partial charge is 0.320 e. The number of rotatable bonds is 10. The highest BCUT2D eigenvalue weighted by Crippen LogP contribution is 1.84. The number of ether oxygens (including phenoxy) is 1. The summed E-state index contributed by atoms with van der Waals surface area (Å²) in [6.45, 7) is 9.42. The van der Waals surface area contributed by atoms with E-state index in [4.69, 9.17) is 41.9 Å². The average Bonchev–Trinajstić information content (AvgIpc) is 2.66. The van der Waals surface area contributed by atoms with E-state index in [1.807, 2.05) is 6.92 Å². The molecule has 158 valence electrons. The van der Waals surface area contributed by atoms with Crippen molar-refractivity contribution in [1.29, 1.82) is 0 Å². The highest BCUT2D eigenvalue weighted by Gasteiger charge is 2.09. The van der Waals surface area contributed by atoms with Gasteiger partial charge in [0.2, 0.25) is 0 Å². The molecular weight excluding hydrogens is 342 g/mol. The van der Waals surface area contributed by atoms with Crippen LogP contribution in [0.3, 0.4) is 0 Å². The van der Waals surface area contributed by atoms with Crippen LogP contribution >= 0.6 is 0 Å². The van der Waals surface area contributed by atoms with E-state index in [2.05, 4.69) is 22.4 Å². The second kappa shape index (κ2) is 43.5. The fraction of sp³-hybridized carbons (Fsp3) is 0.923. The summed E-state index contributed by atoms with van der Waals surface area (Å²) in [6.07, 6.45) is 1.66. The first-order valence-electron chi connectivity index (χ1n) is 7.56. The molecule has 0 aliphatic rings. The zero-order valence-corrected chi connectivity index (χ0v) is 15.5. The normalized spacial score (nSPS) is 9.52. The lowest BCUT2D eigenvalue weighted by Crippen LogP contribution is -2.33. The average molecular weight is 379 g/mol. The van der Waals surface area contributed by atoms with Gasteiger partial charge in [-0.2, -0.15) is 0 Å². The predicted molar refractivity (Wildman–Crippen MR) is 93.7 cm³/mol. The number of methoxy groups -OCH3 is 1. The largest absolute Gasteiger partial charge is 0.480 e. The molecule has 12 nitrogen and oxygen atoms in total. The minimum absolute atomic E-state index is 0.375. The van der Waals surface area contributed by atoms with Crippen LogP contribution in [0.2, 0.25) is 0 Å². The van der Waals surface area contributed by atoms with Gasteiger partial charge in [-0.15, -0.1) is 0 Å². The summed E-state index contributed by atoms with van der Waals surface area (Å²) in [5.74, 6) is -0.932. The van der Waals surface area contributed by atoms with E-state index in [-0.39, 0.29) is 0 Å². The van der Waals surface area contributed by atoms with E-state index in [0.29, 0.717) is 26.3 Å². The summed E-state index contributed by atoms with van der Waals surface area (Å²) in [5.41, 5.74) is 5.22. The van der Waals surface area contributed by atoms with Gasteiger partial charge in [0, 0.05) is 7.11 Å². The zero-order chi connectivity index (χ0) is 20.9. The molecule has 0 fully saturated rings. The van der Waals surface area contributed by atoms with E-state index in [1.165, 1.54) is 6.42 Å². The van der Waals surface area contributed by atoms with Crippen molar-refractivity contribution >= 4 is 5.97 Å². The fourth-order valence-corrected chi connectivity index (χ4v) is 0.909. The van der Waals surface area contributed by atoms with Crippen LogP contribution < -0.4 is 16.4 Å². The Hall–Kier alpha value is -0.930. The molecular formula is C13H37N3O9. The molecule has 0 aliphatic heterocycles. The van der Waals surface area contributed by atoms with Crippen molar-refractivity contribution in [3.05, 3.63) is 0 Å². The second-order valence-corrected chi connectivity index (χ2v) is 3.94. The highest BCUT2D eigenvalue weighted by molar-refractivity contribution is 5.72. The van der Waals surface area contributed by atoms with Gasteiger partial charge in [0.05, 0.1) is 13.3 Å². The number of carbonyl (C=O) groups is 1. The first-order valence-corrected chi connectivity index (χ1v) is 7.56. The third-order valence-electron chi connectivity index (χ3n) is 2.00. The molecule has 0 spiro atoms. The van der Waals surface area contributed by atoms with E-state index in [0.717, 1.165) is 13.1 Å². The molecule has 0 heterocycles. The summed E-state index contributed by atoms with van der Waals surface area (Å²) in [6, 6.07) is -0.723. The summed E-state index contributed by atoms with van der Waals surface area (Å²) in [4.78, 5) is 13.7. The Morgan fingerprint density at radius 2 is 1.56 bits per heavy atom. The van der Waals surface area contributed by atoms with Crippen molar-refractivity contribution in [2.75, 3.05) is 40.1 Å². The van der Waals surface area contributed by atoms with Gasteiger partial charge in [0.25, 0.3) is 0 Å². The molecule has 0 aromatic heterocycles. The maximum Gasteiger partial charge on any atom is 0.320 e. The lowest BCUT2D eigenvalue weighted by Gasteiger charge is -2.04. The molecule has 10 N–H and O–H groups in total. The zero-order valence-electron chi connectivity index (χ0n) is 15.5. The van der Waals surface area contributed by atoms with Gasteiger partial charge in [0.15, 0.2) is 0 Å². The molecule has 0 saturated heterocycles. The van der Waals surface area contributed by atoms with Crippen LogP contribution in [0.25, 0.3) is 0 Å². The predicted octanol–water partition coefficient (Wildman–Crippen LogP) is 0.519. The van der Waals surface area contributed by atoms with Crippen molar-refractivity contribution in [2.45, 2.75) is 39.7 Å². The number of hydrogen-bond acceptors (Lipinski definition) is 11. The lowest BCUT2D eigenvalue weighted by molar-refractivity contribution is -0.237. The number of carboxylic acids is 1. The Bertz CT molecular complexity index is 198. The molecule has 0 saturated carbocycles. The van der Waals surface area contributed by atoms with Gasteiger partial charge in [0.1, 0.15) is 6.04 Å². The molecule has 0 aromatic carbocycles. The lowest BCUT2D eigenvalue weighted by atomic mass is 10.2. The van der Waals surface area contributed by atoms with Crippen LogP contribution in [0.1, 0.15) is 33.6 Å². The molecule has 0 aliphatic carbocycles. The van der Waals surface area contributed by atoms with Gasteiger partial charge in [-0.3, -0.25) is 36.4 Å². The van der Waals surface area contributed by atoms with Gasteiger partial charge >= 0.3 is 5.97 Å². The molecule has 0 amide bonds. The van der Waals surface area contributed by atoms with Crippen molar-refractivity contribution in [1.82, 2.24) is 10.6 Å². The van der Waals surface area contributed by atoms with Crippen LogP contribution in [0, 0.1) is 0 Å². The topological polar surface area (TPSA) is 207 Å². The second-order valence-electron chi connectivity index (χ2n) is 3.94. The maximum absolute atomic E-state index is 10.1. The minimum atomic E-state index is -0.932. The highest BCUT2D eigenvalue weighted by atomic mass is 17.1. The fourth-order valence-electron chi connectivity index (χ4n) is 0.909. The molecule has 1 unspecified atom stereocenters. The first kappa shape index (κ1) is 35.2. The van der Waals surface area contributed by atoms with Gasteiger partial charge in [-0.05, 0) is 39.4 Å². The Morgan fingerprint density at radius 3 is 1.84 bits per heavy atom. The quantitative estimate of drug-likeness (QED) is 0.110. The number of aliphatic carboxylic acids is 1. The molecule has 0 radical (unpaired) electrons. The minimum Gasteiger partial charge on any atom is -0.480 e. The third kappa shape index (κ3) is 60.0. The van der Waals surface area contributed by atoms with Crippen LogP contribution in [0.5, 0.6) is 0 Å². The van der Waals surface area contributed by atoms with Gasteiger partial charge in [-0.25, -0.2) is 4.89 Å². The van der Waals surface area contributed by atoms with E-state index >= 15 is 0 Å². The molecule has 0 rings (SSSR count). The Morgan fingerprint density at radius 1 is 1.08 bits per heavy atom. The molecule has 0 aromatic rings. The summed E-state index contributed by atoms with van der Waals surface area (Å²) < 4.78 is 4.73. The van der Waals surface area contributed by atoms with Crippen molar-refractivity contribution in [3.63, 3.8) is 0 Å². The molecule has 12 heteroatoms. The first-order chi connectivity index (χ1) is 12.0. The molecule has 25 heavy (non-hydrogen) atoms. The van der Waals surface area contributed by atoms with Crippen molar-refractivity contribution < 1.29 is 45.8 Å². The number of nitrogens with two attached hydrogens (primary N) is 1. The maximum atomic E-state index is 10.1. The van der Waals surface area contributed by atoms with Crippen molar-refractivity contribution in [2.24, 2.45) is 5.73 Å². The standard InChI is InChI=1S/C6H14N2O2.C5H13NO.C2H6O2.2H2O2/c1-2-8-4-3-5(7)6(9)10;1-3-4-6-5-7-2;1-2-4-3;2*1-2/h5,8H,2-4,7H2,1H3,(H,9,10);6H,3-5H2,1-2H3;3H,2H2,1H3;2*1-2H. The Kier molecular flexibility index (Phi) is 61.3. The number of hydrogen-bond donors (Lipinski definition) is 9. The molecule has 1 atom stereocenters. The monoisotopic (exact) mass is 379 g/mol. The Balaban J connectivity index is -0.0000000775. The van der Waals surface area contributed by atoms with Crippen LogP contribution in [0.15, 0.2) is 0 Å². The summed E-state index contributed by atoms with van der Waals surface area (Å²) in [5, 5.41) is 45.8. The van der Waals surface area contributed by atoms with E-state index in [9.17, 15) is 4.79 Å². The third-order valence-corrected chi connectivity index (χ3v) is 2.00. The SMILES string of the molecule is CCCNCOC.CCNCCC(N)C(=O)O.CCOO.OO.OO. The molecule has 0 bridgehead atoms. The number of nitrogens with one attached hydrogen (secondary N) is 2. The van der Waals surface area contributed by atoms with Crippen LogP contribution in [-0.2, 0) is 14.4 Å². The van der Waals surface area contributed by atoms with E-state index < -0.39 is 12.0 Å². The van der Waals surface area contributed by atoms with Crippen LogP contribution in [-0.4, -0.2) is 83.5 Å². The Labute approximate surface area is 149 Å². The summed E-state index contributed by atoms with van der Waals surface area (Å²) in [7, 11) is 1.68. The van der Waals surface area contributed by atoms with Gasteiger partial charge < -0.3 is 20.9 Å². The van der Waals surface area contributed by atoms with Crippen LogP contribution in [0.4, 0.5) is 0 Å². The van der Waals surface area contributed by atoms with Crippen molar-refractivity contribution in [3.8, 4) is 0 Å². The summed E-state index contributed by atoms with van der Waals surface area (Å²) >= 11 is 0. The van der Waals surface area contributed by atoms with E-state index in [1.54, 1.807) is 14.0 Å². The number of carboxylic acid groups (broad SMARTS) is 1.